The van der Waals surface area contributed by atoms with E-state index in [0.29, 0.717) is 18.2 Å². The summed E-state index contributed by atoms with van der Waals surface area (Å²) in [4.78, 5) is 30.3. The van der Waals surface area contributed by atoms with E-state index in [1.54, 1.807) is 13.3 Å². The molecule has 1 saturated heterocycles. The fourth-order valence-corrected chi connectivity index (χ4v) is 3.89. The van der Waals surface area contributed by atoms with Gasteiger partial charge in [-0.15, -0.1) is 0 Å². The van der Waals surface area contributed by atoms with E-state index in [1.807, 2.05) is 48.7 Å². The number of hydrogen-bond acceptors (Lipinski definition) is 5. The van der Waals surface area contributed by atoms with Gasteiger partial charge in [-0.25, -0.2) is 9.97 Å². The van der Waals surface area contributed by atoms with Crippen LogP contribution in [0.15, 0.2) is 54.9 Å². The molecule has 3 aromatic heterocycles. The lowest BCUT2D eigenvalue weighted by Gasteiger charge is -2.17. The van der Waals surface area contributed by atoms with Gasteiger partial charge in [-0.1, -0.05) is 6.07 Å². The van der Waals surface area contributed by atoms with Crippen LogP contribution < -0.4 is 15.0 Å². The van der Waals surface area contributed by atoms with Crippen LogP contribution in [0, 0.1) is 0 Å². The number of carbonyl (C=O) groups is 1. The number of amides is 1. The van der Waals surface area contributed by atoms with E-state index in [0.717, 1.165) is 41.0 Å². The third-order valence-electron chi connectivity index (χ3n) is 5.41. The lowest BCUT2D eigenvalue weighted by atomic mass is 10.2. The topological polar surface area (TPSA) is 98.9 Å². The Morgan fingerprint density at radius 3 is 3.03 bits per heavy atom. The lowest BCUT2D eigenvalue weighted by molar-refractivity contribution is 0.0936. The summed E-state index contributed by atoms with van der Waals surface area (Å²) >= 11 is 0. The Balaban J connectivity index is 1.28. The van der Waals surface area contributed by atoms with Crippen molar-refractivity contribution in [2.75, 3.05) is 25.1 Å². The Bertz CT molecular complexity index is 1180. The average Bonchev–Trinajstić information content (AvgIpc) is 3.53. The Labute approximate surface area is 173 Å². The first-order valence-corrected chi connectivity index (χ1v) is 9.89. The number of anilines is 1. The number of H-pyrrole nitrogens is 2. The molecule has 1 aromatic carbocycles. The van der Waals surface area contributed by atoms with Crippen molar-refractivity contribution in [1.82, 2.24) is 25.3 Å². The average molecular weight is 402 g/mol. The molecule has 152 valence electrons. The summed E-state index contributed by atoms with van der Waals surface area (Å²) in [5.41, 5.74) is 3.21. The number of hydrogen-bond donors (Lipinski definition) is 3. The quantitative estimate of drug-likeness (QED) is 0.477. The lowest BCUT2D eigenvalue weighted by Crippen LogP contribution is -2.37. The van der Waals surface area contributed by atoms with Crippen LogP contribution in [0.1, 0.15) is 16.9 Å². The molecule has 1 amide bonds. The maximum Gasteiger partial charge on any atom is 0.268 e. The SMILES string of the molecule is COc1cccc2[nH]c(C(=O)NC3CCN(c4nccc(-c5ccc[nH]5)n4)C3)cc12. The third kappa shape index (κ3) is 3.36. The maximum atomic E-state index is 12.8. The van der Waals surface area contributed by atoms with E-state index in [9.17, 15) is 4.79 Å². The van der Waals surface area contributed by atoms with Gasteiger partial charge in [0.1, 0.15) is 11.4 Å². The summed E-state index contributed by atoms with van der Waals surface area (Å²) in [5, 5.41) is 4.02. The summed E-state index contributed by atoms with van der Waals surface area (Å²) < 4.78 is 5.38. The van der Waals surface area contributed by atoms with E-state index in [-0.39, 0.29) is 11.9 Å². The highest BCUT2D eigenvalue weighted by Gasteiger charge is 2.26. The molecule has 4 aromatic rings. The van der Waals surface area contributed by atoms with Crippen molar-refractivity contribution in [1.29, 1.82) is 0 Å². The van der Waals surface area contributed by atoms with E-state index in [2.05, 4.69) is 30.2 Å². The van der Waals surface area contributed by atoms with Crippen LogP contribution in [0.4, 0.5) is 5.95 Å². The zero-order valence-electron chi connectivity index (χ0n) is 16.6. The number of carbonyl (C=O) groups excluding carboxylic acids is 1. The summed E-state index contributed by atoms with van der Waals surface area (Å²) in [5.74, 6) is 1.30. The van der Waals surface area contributed by atoms with Gasteiger partial charge in [0.2, 0.25) is 5.95 Å². The summed E-state index contributed by atoms with van der Waals surface area (Å²) in [6.45, 7) is 1.46. The molecule has 0 radical (unpaired) electrons. The minimum absolute atomic E-state index is 0.0311. The van der Waals surface area contributed by atoms with Gasteiger partial charge in [0, 0.05) is 42.4 Å². The molecule has 1 atom stereocenters. The zero-order valence-corrected chi connectivity index (χ0v) is 16.6. The van der Waals surface area contributed by atoms with Crippen LogP contribution in [0.3, 0.4) is 0 Å². The molecule has 30 heavy (non-hydrogen) atoms. The highest BCUT2D eigenvalue weighted by atomic mass is 16.5. The second-order valence-electron chi connectivity index (χ2n) is 7.34. The first-order chi connectivity index (χ1) is 14.7. The van der Waals surface area contributed by atoms with Gasteiger partial charge in [0.05, 0.1) is 18.5 Å². The number of fused-ring (bicyclic) bond motifs is 1. The molecule has 8 heteroatoms. The highest BCUT2D eigenvalue weighted by molar-refractivity contribution is 5.99. The number of aromatic amines is 2. The van der Waals surface area contributed by atoms with Gasteiger partial charge in [0.15, 0.2) is 0 Å². The van der Waals surface area contributed by atoms with Crippen LogP contribution in [0.25, 0.3) is 22.3 Å². The molecule has 1 fully saturated rings. The van der Waals surface area contributed by atoms with Crippen molar-refractivity contribution in [2.24, 2.45) is 0 Å². The zero-order chi connectivity index (χ0) is 20.5. The molecule has 5 rings (SSSR count). The molecule has 3 N–H and O–H groups in total. The van der Waals surface area contributed by atoms with Gasteiger partial charge in [-0.3, -0.25) is 4.79 Å². The van der Waals surface area contributed by atoms with Crippen LogP contribution in [-0.2, 0) is 0 Å². The maximum absolute atomic E-state index is 12.8. The molecular formula is C22H22N6O2. The third-order valence-corrected chi connectivity index (χ3v) is 5.41. The van der Waals surface area contributed by atoms with E-state index in [1.165, 1.54) is 0 Å². The molecular weight excluding hydrogens is 380 g/mol. The second-order valence-corrected chi connectivity index (χ2v) is 7.34. The van der Waals surface area contributed by atoms with E-state index >= 15 is 0 Å². The smallest absolute Gasteiger partial charge is 0.268 e. The van der Waals surface area contributed by atoms with Crippen LogP contribution in [0.2, 0.25) is 0 Å². The highest BCUT2D eigenvalue weighted by Crippen LogP contribution is 2.26. The predicted octanol–water partition coefficient (Wildman–Crippen LogP) is 2.97. The van der Waals surface area contributed by atoms with Gasteiger partial charge in [-0.05, 0) is 42.8 Å². The van der Waals surface area contributed by atoms with Crippen molar-refractivity contribution in [3.63, 3.8) is 0 Å². The first-order valence-electron chi connectivity index (χ1n) is 9.89. The Morgan fingerprint density at radius 2 is 2.20 bits per heavy atom. The standard InChI is InChI=1S/C22H22N6O2/c1-30-20-6-2-4-16-15(20)12-19(26-16)21(29)25-14-8-11-28(13-14)22-24-10-7-18(27-22)17-5-3-9-23-17/h2-7,9-10,12,14,23,26H,8,11,13H2,1H3,(H,25,29). The Hall–Kier alpha value is -3.81. The monoisotopic (exact) mass is 402 g/mol. The van der Waals surface area contributed by atoms with Crippen molar-refractivity contribution in [2.45, 2.75) is 12.5 Å². The van der Waals surface area contributed by atoms with Crippen molar-refractivity contribution in [3.05, 3.63) is 60.6 Å². The molecule has 1 aliphatic heterocycles. The molecule has 0 bridgehead atoms. The van der Waals surface area contributed by atoms with Gasteiger partial charge in [-0.2, -0.15) is 0 Å². The fourth-order valence-electron chi connectivity index (χ4n) is 3.89. The van der Waals surface area contributed by atoms with E-state index in [4.69, 9.17) is 4.74 Å². The van der Waals surface area contributed by atoms with E-state index < -0.39 is 0 Å². The number of methoxy groups -OCH3 is 1. The normalized spacial score (nSPS) is 16.2. The van der Waals surface area contributed by atoms with Crippen LogP contribution in [-0.4, -0.2) is 52.1 Å². The molecule has 0 aliphatic carbocycles. The van der Waals surface area contributed by atoms with Crippen LogP contribution in [0.5, 0.6) is 5.75 Å². The predicted molar refractivity (Wildman–Crippen MR) is 115 cm³/mol. The number of nitrogens with one attached hydrogen (secondary N) is 3. The van der Waals surface area contributed by atoms with Gasteiger partial charge >= 0.3 is 0 Å². The summed E-state index contributed by atoms with van der Waals surface area (Å²) in [6, 6.07) is 13.4. The number of nitrogens with zero attached hydrogens (tertiary/aromatic N) is 3. The Kier molecular flexibility index (Phi) is 4.59. The summed E-state index contributed by atoms with van der Waals surface area (Å²) in [6.07, 6.45) is 4.48. The number of ether oxygens (including phenoxy) is 1. The summed E-state index contributed by atoms with van der Waals surface area (Å²) in [7, 11) is 1.63. The van der Waals surface area contributed by atoms with Crippen molar-refractivity contribution < 1.29 is 9.53 Å². The fraction of sp³-hybridized carbons (Fsp3) is 0.227. The minimum atomic E-state index is -0.124. The molecule has 1 unspecified atom stereocenters. The second kappa shape index (κ2) is 7.55. The van der Waals surface area contributed by atoms with Crippen molar-refractivity contribution in [3.8, 4) is 17.1 Å². The number of rotatable bonds is 5. The first kappa shape index (κ1) is 18.2. The van der Waals surface area contributed by atoms with Crippen molar-refractivity contribution >= 4 is 22.8 Å². The van der Waals surface area contributed by atoms with Crippen LogP contribution >= 0.6 is 0 Å². The van der Waals surface area contributed by atoms with Gasteiger partial charge < -0.3 is 24.9 Å². The number of aromatic nitrogens is 4. The number of benzene rings is 1. The molecule has 0 saturated carbocycles. The molecule has 1 aliphatic rings. The molecule has 8 nitrogen and oxygen atoms in total. The molecule has 0 spiro atoms. The van der Waals surface area contributed by atoms with Gasteiger partial charge in [0.25, 0.3) is 5.91 Å². The largest absolute Gasteiger partial charge is 0.496 e. The Morgan fingerprint density at radius 1 is 1.27 bits per heavy atom. The minimum Gasteiger partial charge on any atom is -0.496 e. The molecule has 4 heterocycles.